The molecule has 0 spiro atoms. The van der Waals surface area contributed by atoms with E-state index in [0.29, 0.717) is 18.7 Å². The van der Waals surface area contributed by atoms with E-state index < -0.39 is 34.0 Å². The lowest BCUT2D eigenvalue weighted by Gasteiger charge is -2.37. The number of hydrogen-bond acceptors (Lipinski definition) is 6. The molecule has 2 N–H and O–H groups in total. The van der Waals surface area contributed by atoms with Gasteiger partial charge in [0.1, 0.15) is 6.33 Å². The van der Waals surface area contributed by atoms with E-state index in [4.69, 9.17) is 4.98 Å². The third-order valence-electron chi connectivity index (χ3n) is 8.49. The number of aliphatic hydroxyl groups excluding tert-OH is 1. The van der Waals surface area contributed by atoms with E-state index in [1.807, 2.05) is 95.6 Å². The molecule has 0 unspecified atom stereocenters. The number of amides is 1. The largest absolute Gasteiger partial charge is 0.396 e. The van der Waals surface area contributed by atoms with Gasteiger partial charge in [-0.25, -0.2) is 13.9 Å². The molecule has 0 bridgehead atoms. The first-order valence-electron chi connectivity index (χ1n) is 14.8. The van der Waals surface area contributed by atoms with E-state index >= 15 is 0 Å². The van der Waals surface area contributed by atoms with E-state index in [2.05, 4.69) is 10.3 Å². The number of rotatable bonds is 10. The minimum Gasteiger partial charge on any atom is -0.396 e. The first kappa shape index (κ1) is 30.4. The number of imidazole rings is 2. The standard InChI is InChI=1S/C34H36N6O4S/c1-38(2)45(43,44)40-20-29(36-23-40)31-30(34(42)37-32(25-14-8-4-9-15-25)26-16-10-5-11-17-26)27(21-41)18-28-33(31)39(22-35-28)19-24-12-6-3-7-13-24/h3-17,20,22-23,27,30-32,41H,18-19,21H2,1-2H3,(H,37,42)/t27-,30-,31+/m1/s1. The van der Waals surface area contributed by atoms with E-state index in [9.17, 15) is 18.3 Å². The lowest BCUT2D eigenvalue weighted by atomic mass is 9.70. The molecule has 0 saturated heterocycles. The van der Waals surface area contributed by atoms with Crippen LogP contribution >= 0.6 is 0 Å². The Bertz CT molecular complexity index is 1820. The van der Waals surface area contributed by atoms with Gasteiger partial charge in [-0.2, -0.15) is 12.7 Å². The van der Waals surface area contributed by atoms with Crippen LogP contribution in [0, 0.1) is 11.8 Å². The number of aliphatic hydroxyl groups is 1. The van der Waals surface area contributed by atoms with Crippen molar-refractivity contribution in [1.29, 1.82) is 0 Å². The molecule has 2 heterocycles. The molecule has 1 amide bonds. The number of hydrogen-bond donors (Lipinski definition) is 2. The van der Waals surface area contributed by atoms with Gasteiger partial charge in [-0.05, 0) is 23.1 Å². The summed E-state index contributed by atoms with van der Waals surface area (Å²) in [5, 5.41) is 14.0. The van der Waals surface area contributed by atoms with E-state index in [1.165, 1.54) is 26.6 Å². The van der Waals surface area contributed by atoms with Crippen LogP contribution in [0.15, 0.2) is 110 Å². The van der Waals surface area contributed by atoms with Crippen molar-refractivity contribution in [3.8, 4) is 0 Å². The Kier molecular flexibility index (Phi) is 8.66. The average molecular weight is 625 g/mol. The molecule has 3 atom stereocenters. The first-order chi connectivity index (χ1) is 21.8. The number of benzene rings is 3. The number of carbonyl (C=O) groups is 1. The predicted molar refractivity (Wildman–Crippen MR) is 170 cm³/mol. The molecule has 10 nitrogen and oxygen atoms in total. The molecule has 0 saturated carbocycles. The average Bonchev–Trinajstić information content (AvgIpc) is 3.72. The Morgan fingerprint density at radius 2 is 1.53 bits per heavy atom. The lowest BCUT2D eigenvalue weighted by Crippen LogP contribution is -2.45. The van der Waals surface area contributed by atoms with Gasteiger partial charge in [0.15, 0.2) is 0 Å². The molecular formula is C34H36N6O4S. The first-order valence-corrected chi connectivity index (χ1v) is 16.2. The number of aromatic nitrogens is 4. The molecule has 2 aromatic heterocycles. The third-order valence-corrected chi connectivity index (χ3v) is 10.1. The highest BCUT2D eigenvalue weighted by atomic mass is 32.2. The molecule has 3 aromatic carbocycles. The number of nitrogens with zero attached hydrogens (tertiary/aromatic N) is 5. The smallest absolute Gasteiger partial charge is 0.308 e. The van der Waals surface area contributed by atoms with Gasteiger partial charge >= 0.3 is 10.2 Å². The minimum absolute atomic E-state index is 0.252. The minimum atomic E-state index is -3.85. The monoisotopic (exact) mass is 624 g/mol. The van der Waals surface area contributed by atoms with Crippen molar-refractivity contribution in [3.05, 3.63) is 144 Å². The fourth-order valence-corrected chi connectivity index (χ4v) is 7.01. The summed E-state index contributed by atoms with van der Waals surface area (Å²) in [7, 11) is -0.945. The Labute approximate surface area is 263 Å². The quantitative estimate of drug-likeness (QED) is 0.245. The van der Waals surface area contributed by atoms with Crippen molar-refractivity contribution in [2.75, 3.05) is 20.7 Å². The Morgan fingerprint density at radius 3 is 2.11 bits per heavy atom. The van der Waals surface area contributed by atoms with Crippen LogP contribution in [-0.4, -0.2) is 62.9 Å². The molecule has 11 heteroatoms. The number of carbonyl (C=O) groups excluding carboxylic acids is 1. The summed E-state index contributed by atoms with van der Waals surface area (Å²) in [6, 6.07) is 29.0. The van der Waals surface area contributed by atoms with Crippen molar-refractivity contribution in [3.63, 3.8) is 0 Å². The van der Waals surface area contributed by atoms with Crippen LogP contribution in [-0.2, 0) is 28.0 Å². The summed E-state index contributed by atoms with van der Waals surface area (Å²) < 4.78 is 30.3. The molecule has 0 fully saturated rings. The van der Waals surface area contributed by atoms with Gasteiger partial charge < -0.3 is 15.0 Å². The van der Waals surface area contributed by atoms with E-state index in [0.717, 1.165) is 36.4 Å². The molecule has 45 heavy (non-hydrogen) atoms. The maximum atomic E-state index is 14.6. The van der Waals surface area contributed by atoms with Crippen LogP contribution in [0.4, 0.5) is 0 Å². The second-order valence-corrected chi connectivity index (χ2v) is 13.6. The van der Waals surface area contributed by atoms with Crippen LogP contribution in [0.1, 0.15) is 45.7 Å². The highest BCUT2D eigenvalue weighted by Crippen LogP contribution is 2.44. The van der Waals surface area contributed by atoms with E-state index in [-0.39, 0.29) is 12.5 Å². The maximum Gasteiger partial charge on any atom is 0.308 e. The van der Waals surface area contributed by atoms with Gasteiger partial charge in [0, 0.05) is 39.4 Å². The summed E-state index contributed by atoms with van der Waals surface area (Å²) in [5.74, 6) is -2.19. The van der Waals surface area contributed by atoms with Gasteiger partial charge in [-0.3, -0.25) is 4.79 Å². The third kappa shape index (κ3) is 6.06. The van der Waals surface area contributed by atoms with Gasteiger partial charge in [0.2, 0.25) is 5.91 Å². The summed E-state index contributed by atoms with van der Waals surface area (Å²) >= 11 is 0. The van der Waals surface area contributed by atoms with Gasteiger partial charge in [-0.15, -0.1) is 0 Å². The van der Waals surface area contributed by atoms with Crippen LogP contribution in [0.3, 0.4) is 0 Å². The Balaban J connectivity index is 1.46. The molecule has 5 aromatic rings. The SMILES string of the molecule is CN(C)S(=O)(=O)n1cnc([C@@H]2c3c(ncn3Cc3ccccc3)C[C@H](CO)[C@H]2C(=O)NC(c2ccccc2)c2ccccc2)c1. The van der Waals surface area contributed by atoms with Crippen LogP contribution < -0.4 is 5.32 Å². The van der Waals surface area contributed by atoms with Crippen molar-refractivity contribution >= 4 is 16.1 Å². The predicted octanol–water partition coefficient (Wildman–Crippen LogP) is 3.60. The van der Waals surface area contributed by atoms with Gasteiger partial charge in [-0.1, -0.05) is 91.0 Å². The van der Waals surface area contributed by atoms with Gasteiger partial charge in [0.25, 0.3) is 0 Å². The van der Waals surface area contributed by atoms with Crippen LogP contribution in [0.5, 0.6) is 0 Å². The summed E-state index contributed by atoms with van der Waals surface area (Å²) in [6.07, 6.45) is 4.87. The highest BCUT2D eigenvalue weighted by molar-refractivity contribution is 7.87. The molecule has 0 radical (unpaired) electrons. The normalized spacial score (nSPS) is 18.2. The summed E-state index contributed by atoms with van der Waals surface area (Å²) in [6.45, 7) is 0.253. The molecule has 1 aliphatic rings. The fourth-order valence-electron chi connectivity index (χ4n) is 6.22. The van der Waals surface area contributed by atoms with Crippen molar-refractivity contribution in [2.24, 2.45) is 11.8 Å². The fraction of sp³-hybridized carbons (Fsp3) is 0.265. The zero-order valence-electron chi connectivity index (χ0n) is 25.1. The highest BCUT2D eigenvalue weighted by Gasteiger charge is 2.46. The molecular weight excluding hydrogens is 588 g/mol. The van der Waals surface area contributed by atoms with E-state index in [1.54, 1.807) is 6.33 Å². The maximum absolute atomic E-state index is 14.6. The van der Waals surface area contributed by atoms with Crippen molar-refractivity contribution in [1.82, 2.24) is 28.1 Å². The zero-order chi connectivity index (χ0) is 31.6. The van der Waals surface area contributed by atoms with Crippen molar-refractivity contribution in [2.45, 2.75) is 24.9 Å². The second kappa shape index (κ2) is 12.8. The Hall–Kier alpha value is -4.58. The Morgan fingerprint density at radius 1 is 0.933 bits per heavy atom. The molecule has 232 valence electrons. The molecule has 0 aliphatic heterocycles. The topological polar surface area (TPSA) is 122 Å². The zero-order valence-corrected chi connectivity index (χ0v) is 26.0. The summed E-state index contributed by atoms with van der Waals surface area (Å²) in [5.41, 5.74) is 4.84. The molecule has 1 aliphatic carbocycles. The summed E-state index contributed by atoms with van der Waals surface area (Å²) in [4.78, 5) is 23.9. The lowest BCUT2D eigenvalue weighted by molar-refractivity contribution is -0.128. The second-order valence-electron chi connectivity index (χ2n) is 11.5. The number of nitrogens with one attached hydrogen (secondary N) is 1. The number of fused-ring (bicyclic) bond motifs is 1. The van der Waals surface area contributed by atoms with Crippen LogP contribution in [0.2, 0.25) is 0 Å². The van der Waals surface area contributed by atoms with Crippen LogP contribution in [0.25, 0.3) is 0 Å². The molecule has 6 rings (SSSR count). The van der Waals surface area contributed by atoms with Crippen molar-refractivity contribution < 1.29 is 18.3 Å². The van der Waals surface area contributed by atoms with Gasteiger partial charge in [0.05, 0.1) is 41.3 Å².